The molecule has 0 heterocycles. The first-order valence-corrected chi connectivity index (χ1v) is 3.92. The summed E-state index contributed by atoms with van der Waals surface area (Å²) in [4.78, 5) is 20.8. The van der Waals surface area contributed by atoms with Crippen LogP contribution in [0.15, 0.2) is 12.1 Å². The molecule has 5 heteroatoms. The first-order valence-electron chi connectivity index (χ1n) is 3.92. The monoisotopic (exact) mass is 195 g/mol. The lowest BCUT2D eigenvalue weighted by molar-refractivity contribution is -0.385. The third-order valence-electron chi connectivity index (χ3n) is 1.96. The quantitative estimate of drug-likeness (QED) is 0.443. The molecule has 0 aromatic heterocycles. The highest BCUT2D eigenvalue weighted by molar-refractivity contribution is 5.96. The fourth-order valence-electron chi connectivity index (χ4n) is 1.16. The second kappa shape index (κ2) is 3.45. The fourth-order valence-corrected chi connectivity index (χ4v) is 1.16. The molecule has 1 aromatic rings. The van der Waals surface area contributed by atoms with Crippen molar-refractivity contribution in [2.75, 3.05) is 0 Å². The highest BCUT2D eigenvalue weighted by atomic mass is 16.6. The van der Waals surface area contributed by atoms with Crippen molar-refractivity contribution in [3.05, 3.63) is 33.4 Å². The van der Waals surface area contributed by atoms with Crippen molar-refractivity contribution in [1.29, 1.82) is 0 Å². The minimum atomic E-state index is -0.647. The Hall–Kier alpha value is -1.91. The van der Waals surface area contributed by atoms with Crippen LogP contribution in [0.25, 0.3) is 0 Å². The Balaban J connectivity index is 3.43. The SMILES string of the molecule is CC(=O)c1cc([N+](=O)[O-])cc(O)c1C. The lowest BCUT2D eigenvalue weighted by Gasteiger charge is -2.03. The summed E-state index contributed by atoms with van der Waals surface area (Å²) >= 11 is 0. The van der Waals surface area contributed by atoms with E-state index in [4.69, 9.17) is 0 Å². The summed E-state index contributed by atoms with van der Waals surface area (Å²) in [6, 6.07) is 2.19. The summed E-state index contributed by atoms with van der Waals surface area (Å²) in [6.07, 6.45) is 0. The second-order valence-electron chi connectivity index (χ2n) is 2.95. The Morgan fingerprint density at radius 2 is 2.07 bits per heavy atom. The number of phenolic OH excluding ortho intramolecular Hbond substituents is 1. The average molecular weight is 195 g/mol. The molecule has 0 atom stereocenters. The Labute approximate surface area is 80.1 Å². The third kappa shape index (κ3) is 1.71. The van der Waals surface area contributed by atoms with Crippen LogP contribution in [0.1, 0.15) is 22.8 Å². The predicted octanol–water partition coefficient (Wildman–Crippen LogP) is 1.81. The molecule has 0 bridgehead atoms. The van der Waals surface area contributed by atoms with Crippen LogP contribution in [0.2, 0.25) is 0 Å². The molecule has 0 saturated carbocycles. The Morgan fingerprint density at radius 1 is 1.50 bits per heavy atom. The fraction of sp³-hybridized carbons (Fsp3) is 0.222. The molecule has 0 saturated heterocycles. The van der Waals surface area contributed by atoms with Gasteiger partial charge in [0.15, 0.2) is 5.78 Å². The van der Waals surface area contributed by atoms with Gasteiger partial charge in [-0.05, 0) is 13.8 Å². The van der Waals surface area contributed by atoms with Gasteiger partial charge in [0.05, 0.1) is 11.0 Å². The van der Waals surface area contributed by atoms with E-state index in [1.54, 1.807) is 0 Å². The van der Waals surface area contributed by atoms with E-state index in [-0.39, 0.29) is 22.8 Å². The van der Waals surface area contributed by atoms with Gasteiger partial charge in [0.2, 0.25) is 0 Å². The van der Waals surface area contributed by atoms with Crippen molar-refractivity contribution >= 4 is 11.5 Å². The van der Waals surface area contributed by atoms with Crippen molar-refractivity contribution in [3.8, 4) is 5.75 Å². The Morgan fingerprint density at radius 3 is 2.50 bits per heavy atom. The number of nitrogens with zero attached hydrogens (tertiary/aromatic N) is 1. The molecular formula is C9H9NO4. The highest BCUT2D eigenvalue weighted by Gasteiger charge is 2.15. The summed E-state index contributed by atoms with van der Waals surface area (Å²) in [5, 5.41) is 19.7. The van der Waals surface area contributed by atoms with Crippen LogP contribution < -0.4 is 0 Å². The van der Waals surface area contributed by atoms with Gasteiger partial charge in [0.25, 0.3) is 5.69 Å². The zero-order valence-electron chi connectivity index (χ0n) is 7.77. The van der Waals surface area contributed by atoms with Gasteiger partial charge in [-0.3, -0.25) is 14.9 Å². The summed E-state index contributed by atoms with van der Waals surface area (Å²) in [6.45, 7) is 2.83. The van der Waals surface area contributed by atoms with Gasteiger partial charge < -0.3 is 5.11 Å². The number of non-ortho nitro benzene ring substituents is 1. The standard InChI is InChI=1S/C9H9NO4/c1-5-8(6(2)11)3-7(10(13)14)4-9(5)12/h3-4,12H,1-2H3. The first kappa shape index (κ1) is 10.2. The average Bonchev–Trinajstić information content (AvgIpc) is 2.08. The molecule has 0 spiro atoms. The molecule has 74 valence electrons. The molecule has 0 aliphatic heterocycles. The molecule has 1 aromatic carbocycles. The second-order valence-corrected chi connectivity index (χ2v) is 2.95. The van der Waals surface area contributed by atoms with Crippen LogP contribution >= 0.6 is 0 Å². The van der Waals surface area contributed by atoms with Gasteiger partial charge in [0.1, 0.15) is 5.75 Å². The number of hydrogen-bond donors (Lipinski definition) is 1. The predicted molar refractivity (Wildman–Crippen MR) is 49.5 cm³/mol. The lowest BCUT2D eigenvalue weighted by Crippen LogP contribution is -1.98. The molecule has 14 heavy (non-hydrogen) atoms. The molecule has 0 fully saturated rings. The highest BCUT2D eigenvalue weighted by Crippen LogP contribution is 2.27. The van der Waals surface area contributed by atoms with Crippen molar-refractivity contribution < 1.29 is 14.8 Å². The van der Waals surface area contributed by atoms with E-state index >= 15 is 0 Å². The maximum absolute atomic E-state index is 11.1. The number of rotatable bonds is 2. The van der Waals surface area contributed by atoms with Crippen LogP contribution in [0, 0.1) is 17.0 Å². The maximum atomic E-state index is 11.1. The largest absolute Gasteiger partial charge is 0.507 e. The topological polar surface area (TPSA) is 80.4 Å². The van der Waals surface area contributed by atoms with E-state index < -0.39 is 4.92 Å². The summed E-state index contributed by atoms with van der Waals surface area (Å²) in [5.74, 6) is -0.536. The van der Waals surface area contributed by atoms with Crippen molar-refractivity contribution in [3.63, 3.8) is 0 Å². The first-order chi connectivity index (χ1) is 6.43. The van der Waals surface area contributed by atoms with E-state index in [1.165, 1.54) is 13.8 Å². The minimum Gasteiger partial charge on any atom is -0.507 e. The molecule has 0 amide bonds. The van der Waals surface area contributed by atoms with E-state index in [0.717, 1.165) is 12.1 Å². The van der Waals surface area contributed by atoms with Crippen molar-refractivity contribution in [1.82, 2.24) is 0 Å². The maximum Gasteiger partial charge on any atom is 0.273 e. The van der Waals surface area contributed by atoms with Gasteiger partial charge in [0, 0.05) is 17.2 Å². The van der Waals surface area contributed by atoms with E-state index in [2.05, 4.69) is 0 Å². The van der Waals surface area contributed by atoms with Gasteiger partial charge in [-0.15, -0.1) is 0 Å². The van der Waals surface area contributed by atoms with Crippen molar-refractivity contribution in [2.45, 2.75) is 13.8 Å². The summed E-state index contributed by atoms with van der Waals surface area (Å²) in [7, 11) is 0. The number of hydrogen-bond acceptors (Lipinski definition) is 4. The van der Waals surface area contributed by atoms with Gasteiger partial charge in [-0.1, -0.05) is 0 Å². The zero-order chi connectivity index (χ0) is 10.9. The van der Waals surface area contributed by atoms with Crippen LogP contribution in [0.4, 0.5) is 5.69 Å². The number of nitro benzene ring substituents is 1. The van der Waals surface area contributed by atoms with Crippen LogP contribution in [0.3, 0.4) is 0 Å². The van der Waals surface area contributed by atoms with Crippen LogP contribution in [-0.2, 0) is 0 Å². The molecule has 0 radical (unpaired) electrons. The number of Topliss-reactive ketones (excluding diaryl/α,β-unsaturated/α-hetero) is 1. The van der Waals surface area contributed by atoms with Gasteiger partial charge in [-0.2, -0.15) is 0 Å². The third-order valence-corrected chi connectivity index (χ3v) is 1.96. The molecule has 1 N–H and O–H groups in total. The molecular weight excluding hydrogens is 186 g/mol. The van der Waals surface area contributed by atoms with Gasteiger partial charge >= 0.3 is 0 Å². The molecule has 0 aliphatic rings. The number of aromatic hydroxyl groups is 1. The summed E-state index contributed by atoms with van der Waals surface area (Å²) in [5.41, 5.74) is 0.262. The number of carbonyl (C=O) groups is 1. The van der Waals surface area contributed by atoms with Crippen LogP contribution in [0.5, 0.6) is 5.75 Å². The number of ketones is 1. The van der Waals surface area contributed by atoms with Crippen LogP contribution in [-0.4, -0.2) is 15.8 Å². The number of carbonyl (C=O) groups excluding carboxylic acids is 1. The molecule has 0 aliphatic carbocycles. The van der Waals surface area contributed by atoms with Crippen molar-refractivity contribution in [2.24, 2.45) is 0 Å². The smallest absolute Gasteiger partial charge is 0.273 e. The molecule has 5 nitrogen and oxygen atoms in total. The van der Waals surface area contributed by atoms with Gasteiger partial charge in [-0.25, -0.2) is 0 Å². The van der Waals surface area contributed by atoms with E-state index in [0.29, 0.717) is 5.56 Å². The number of phenols is 1. The normalized spacial score (nSPS) is 9.86. The summed E-state index contributed by atoms with van der Waals surface area (Å²) < 4.78 is 0. The number of benzene rings is 1. The molecule has 0 unspecified atom stereocenters. The Bertz CT molecular complexity index is 412. The zero-order valence-corrected chi connectivity index (χ0v) is 7.77. The number of nitro groups is 1. The van der Waals surface area contributed by atoms with E-state index in [9.17, 15) is 20.0 Å². The van der Waals surface area contributed by atoms with E-state index in [1.807, 2.05) is 0 Å². The molecule has 1 rings (SSSR count). The minimum absolute atomic E-state index is 0.178. The Kier molecular flexibility index (Phi) is 2.51. The lowest BCUT2D eigenvalue weighted by atomic mass is 10.0.